The molecule has 0 radical (unpaired) electrons. The van der Waals surface area contributed by atoms with Gasteiger partial charge in [-0.1, -0.05) is 12.1 Å². The number of nitrogens with one attached hydrogen (secondary N) is 1. The van der Waals surface area contributed by atoms with Crippen molar-refractivity contribution in [2.75, 3.05) is 38.4 Å². The summed E-state index contributed by atoms with van der Waals surface area (Å²) in [6, 6.07) is 6.77. The smallest absolute Gasteiger partial charge is 0.251 e. The van der Waals surface area contributed by atoms with E-state index in [-0.39, 0.29) is 30.3 Å². The fourth-order valence-corrected chi connectivity index (χ4v) is 4.09. The number of thioether (sulfide) groups is 1. The third kappa shape index (κ3) is 3.96. The lowest BCUT2D eigenvalue weighted by molar-refractivity contribution is -0.153. The predicted molar refractivity (Wildman–Crippen MR) is 94.0 cm³/mol. The van der Waals surface area contributed by atoms with E-state index in [1.54, 1.807) is 40.8 Å². The molecule has 0 saturated carbocycles. The van der Waals surface area contributed by atoms with E-state index in [0.29, 0.717) is 36.9 Å². The summed E-state index contributed by atoms with van der Waals surface area (Å²) in [4.78, 5) is 39.9. The molecule has 1 aromatic rings. The second-order valence-corrected chi connectivity index (χ2v) is 7.02. The van der Waals surface area contributed by atoms with E-state index < -0.39 is 0 Å². The number of carbonyl (C=O) groups is 3. The highest BCUT2D eigenvalue weighted by Crippen LogP contribution is 2.26. The molecule has 0 bridgehead atoms. The number of hydrogen-bond donors (Lipinski definition) is 1. The third-order valence-corrected chi connectivity index (χ3v) is 5.32. The van der Waals surface area contributed by atoms with E-state index in [9.17, 15) is 14.4 Å². The van der Waals surface area contributed by atoms with Crippen molar-refractivity contribution in [1.29, 1.82) is 0 Å². The molecule has 2 heterocycles. The number of nitrogens with zero attached hydrogens (tertiary/aromatic N) is 2. The van der Waals surface area contributed by atoms with Gasteiger partial charge in [0, 0.05) is 31.5 Å². The van der Waals surface area contributed by atoms with Crippen molar-refractivity contribution in [3.63, 3.8) is 0 Å². The Bertz CT molecular complexity index is 664. The van der Waals surface area contributed by atoms with Gasteiger partial charge < -0.3 is 19.9 Å². The van der Waals surface area contributed by atoms with Crippen LogP contribution in [0.25, 0.3) is 0 Å². The van der Waals surface area contributed by atoms with Crippen LogP contribution in [0.2, 0.25) is 0 Å². The Morgan fingerprint density at radius 3 is 2.80 bits per heavy atom. The molecule has 0 unspecified atom stereocenters. The lowest BCUT2D eigenvalue weighted by atomic mass is 10.1. The van der Waals surface area contributed by atoms with Gasteiger partial charge in [-0.05, 0) is 17.7 Å². The summed E-state index contributed by atoms with van der Waals surface area (Å²) in [5.74, 6) is 1.12. The minimum atomic E-state index is -0.322. The van der Waals surface area contributed by atoms with Crippen molar-refractivity contribution in [3.8, 4) is 0 Å². The number of amides is 3. The molecular weight excluding hydrogens is 342 g/mol. The summed E-state index contributed by atoms with van der Waals surface area (Å²) in [6.45, 7) is 1.42. The van der Waals surface area contributed by atoms with E-state index in [1.165, 1.54) is 0 Å². The van der Waals surface area contributed by atoms with Crippen LogP contribution < -0.4 is 5.32 Å². The number of ether oxygens (including phenoxy) is 1. The quantitative estimate of drug-likeness (QED) is 0.736. The van der Waals surface area contributed by atoms with Crippen LogP contribution >= 0.6 is 11.8 Å². The zero-order valence-electron chi connectivity index (χ0n) is 14.1. The van der Waals surface area contributed by atoms with Crippen molar-refractivity contribution in [1.82, 2.24) is 15.1 Å². The third-order valence-electron chi connectivity index (χ3n) is 4.31. The average molecular weight is 363 g/mol. The second kappa shape index (κ2) is 7.88. The molecule has 3 rings (SSSR count). The first-order chi connectivity index (χ1) is 12.1. The standard InChI is InChI=1S/C17H21N3O4S/c1-24-7-6-18-16(22)13-4-2-12(3-5-13)8-19-9-15(21)20-11-25-10-14(20)17(19)23/h2-5,14H,6-11H2,1H3,(H,18,22)/t14-/m0/s1. The molecule has 1 N–H and O–H groups in total. The normalized spacial score (nSPS) is 20.0. The Balaban J connectivity index is 1.60. The van der Waals surface area contributed by atoms with Gasteiger partial charge in [0.25, 0.3) is 5.91 Å². The second-order valence-electron chi connectivity index (χ2n) is 6.02. The molecule has 1 aromatic carbocycles. The first-order valence-corrected chi connectivity index (χ1v) is 9.27. The lowest BCUT2D eigenvalue weighted by Crippen LogP contribution is -2.57. The monoisotopic (exact) mass is 363 g/mol. The fraction of sp³-hybridized carbons (Fsp3) is 0.471. The summed E-state index contributed by atoms with van der Waals surface area (Å²) >= 11 is 1.61. The van der Waals surface area contributed by atoms with Crippen molar-refractivity contribution in [2.24, 2.45) is 0 Å². The van der Waals surface area contributed by atoms with Crippen LogP contribution in [0.5, 0.6) is 0 Å². The number of carbonyl (C=O) groups excluding carboxylic acids is 3. The molecule has 25 heavy (non-hydrogen) atoms. The van der Waals surface area contributed by atoms with Crippen LogP contribution in [0.3, 0.4) is 0 Å². The van der Waals surface area contributed by atoms with E-state index in [0.717, 1.165) is 5.56 Å². The number of hydrogen-bond acceptors (Lipinski definition) is 5. The van der Waals surface area contributed by atoms with Gasteiger partial charge in [-0.3, -0.25) is 14.4 Å². The van der Waals surface area contributed by atoms with E-state index >= 15 is 0 Å². The van der Waals surface area contributed by atoms with Crippen LogP contribution in [0.15, 0.2) is 24.3 Å². The molecule has 2 saturated heterocycles. The van der Waals surface area contributed by atoms with Crippen molar-refractivity contribution in [2.45, 2.75) is 12.6 Å². The van der Waals surface area contributed by atoms with Gasteiger partial charge >= 0.3 is 0 Å². The Labute approximate surface area is 150 Å². The fourth-order valence-electron chi connectivity index (χ4n) is 2.92. The molecular formula is C17H21N3O4S. The molecule has 8 heteroatoms. The molecule has 134 valence electrons. The van der Waals surface area contributed by atoms with E-state index in [4.69, 9.17) is 4.74 Å². The molecule has 2 aliphatic heterocycles. The van der Waals surface area contributed by atoms with Gasteiger partial charge in [-0.25, -0.2) is 0 Å². The largest absolute Gasteiger partial charge is 0.383 e. The summed E-state index contributed by atoms with van der Waals surface area (Å²) in [6.07, 6.45) is 0. The Hall–Kier alpha value is -2.06. The van der Waals surface area contributed by atoms with Crippen LogP contribution in [-0.2, 0) is 20.9 Å². The molecule has 3 amide bonds. The SMILES string of the molecule is COCCNC(=O)c1ccc(CN2CC(=O)N3CSC[C@H]3C2=O)cc1. The molecule has 0 aliphatic carbocycles. The number of piperazine rings is 1. The topological polar surface area (TPSA) is 79.0 Å². The average Bonchev–Trinajstić information content (AvgIpc) is 3.11. The Morgan fingerprint density at radius 1 is 1.32 bits per heavy atom. The van der Waals surface area contributed by atoms with Gasteiger partial charge in [-0.15, -0.1) is 11.8 Å². The maximum absolute atomic E-state index is 12.5. The Morgan fingerprint density at radius 2 is 2.08 bits per heavy atom. The summed E-state index contributed by atoms with van der Waals surface area (Å²) in [7, 11) is 1.58. The number of fused-ring (bicyclic) bond motifs is 1. The maximum atomic E-state index is 12.5. The van der Waals surface area contributed by atoms with Crippen molar-refractivity contribution >= 4 is 29.5 Å². The molecule has 0 spiro atoms. The lowest BCUT2D eigenvalue weighted by Gasteiger charge is -2.35. The molecule has 0 aromatic heterocycles. The van der Waals surface area contributed by atoms with Crippen LogP contribution in [0.4, 0.5) is 0 Å². The van der Waals surface area contributed by atoms with E-state index in [1.807, 2.05) is 12.1 Å². The number of benzene rings is 1. The molecule has 2 aliphatic rings. The number of methoxy groups -OCH3 is 1. The van der Waals surface area contributed by atoms with Crippen molar-refractivity contribution in [3.05, 3.63) is 35.4 Å². The first kappa shape index (κ1) is 17.8. The van der Waals surface area contributed by atoms with Crippen LogP contribution in [0.1, 0.15) is 15.9 Å². The highest BCUT2D eigenvalue weighted by Gasteiger charge is 2.42. The first-order valence-electron chi connectivity index (χ1n) is 8.12. The van der Waals surface area contributed by atoms with Crippen LogP contribution in [0, 0.1) is 0 Å². The maximum Gasteiger partial charge on any atom is 0.251 e. The van der Waals surface area contributed by atoms with Gasteiger partial charge in [0.2, 0.25) is 11.8 Å². The molecule has 7 nitrogen and oxygen atoms in total. The van der Waals surface area contributed by atoms with Gasteiger partial charge in [0.15, 0.2) is 0 Å². The summed E-state index contributed by atoms with van der Waals surface area (Å²) < 4.78 is 4.90. The van der Waals surface area contributed by atoms with Crippen LogP contribution in [-0.4, -0.2) is 72.0 Å². The minimum Gasteiger partial charge on any atom is -0.383 e. The summed E-state index contributed by atoms with van der Waals surface area (Å²) in [5.41, 5.74) is 1.45. The van der Waals surface area contributed by atoms with Gasteiger partial charge in [0.1, 0.15) is 12.6 Å². The highest BCUT2D eigenvalue weighted by molar-refractivity contribution is 7.99. The predicted octanol–water partition coefficient (Wildman–Crippen LogP) is 0.307. The molecule has 2 fully saturated rings. The summed E-state index contributed by atoms with van der Waals surface area (Å²) in [5, 5.41) is 2.76. The van der Waals surface area contributed by atoms with E-state index in [2.05, 4.69) is 5.32 Å². The number of rotatable bonds is 6. The zero-order valence-corrected chi connectivity index (χ0v) is 14.9. The highest BCUT2D eigenvalue weighted by atomic mass is 32.2. The Kier molecular flexibility index (Phi) is 5.60. The zero-order chi connectivity index (χ0) is 17.8. The molecule has 1 atom stereocenters. The van der Waals surface area contributed by atoms with Gasteiger partial charge in [-0.2, -0.15) is 0 Å². The minimum absolute atomic E-state index is 0.00346. The van der Waals surface area contributed by atoms with Crippen molar-refractivity contribution < 1.29 is 19.1 Å². The van der Waals surface area contributed by atoms with Gasteiger partial charge in [0.05, 0.1) is 12.5 Å².